The van der Waals surface area contributed by atoms with Crippen LogP contribution in [0.5, 0.6) is 5.75 Å². The molecule has 88 valence electrons. The molecule has 1 fully saturated rings. The minimum atomic E-state index is -0.477. The number of rotatable bonds is 2. The first kappa shape index (κ1) is 11.4. The van der Waals surface area contributed by atoms with Crippen molar-refractivity contribution in [3.63, 3.8) is 0 Å². The second kappa shape index (κ2) is 4.81. The number of hydrogen-bond donors (Lipinski definition) is 0. The van der Waals surface area contributed by atoms with Crippen LogP contribution in [0.15, 0.2) is 18.3 Å². The molecule has 2 unspecified atom stereocenters. The maximum Gasteiger partial charge on any atom is 0.216 e. The van der Waals surface area contributed by atoms with E-state index in [1.54, 1.807) is 6.07 Å². The normalized spacial score (nSPS) is 30.1. The molecular weight excluding hydrogens is 205 g/mol. The summed E-state index contributed by atoms with van der Waals surface area (Å²) in [7, 11) is 0. The molecule has 0 N–H and O–H groups in total. The van der Waals surface area contributed by atoms with Crippen molar-refractivity contribution in [1.82, 2.24) is 4.98 Å². The highest BCUT2D eigenvalue weighted by molar-refractivity contribution is 5.18. The van der Waals surface area contributed by atoms with Gasteiger partial charge >= 0.3 is 0 Å². The van der Waals surface area contributed by atoms with Crippen molar-refractivity contribution in [3.8, 4) is 5.75 Å². The Bertz CT molecular complexity index is 346. The van der Waals surface area contributed by atoms with Crippen LogP contribution >= 0.6 is 0 Å². The van der Waals surface area contributed by atoms with Crippen molar-refractivity contribution < 1.29 is 9.13 Å². The van der Waals surface area contributed by atoms with Crippen LogP contribution in [0.3, 0.4) is 0 Å². The van der Waals surface area contributed by atoms with E-state index in [0.717, 1.165) is 12.8 Å². The van der Waals surface area contributed by atoms with Gasteiger partial charge in [-0.25, -0.2) is 4.98 Å². The van der Waals surface area contributed by atoms with Gasteiger partial charge in [-0.2, -0.15) is 4.39 Å². The zero-order chi connectivity index (χ0) is 11.5. The van der Waals surface area contributed by atoms with Gasteiger partial charge in [0.25, 0.3) is 0 Å². The zero-order valence-electron chi connectivity index (χ0n) is 9.82. The number of ether oxygens (including phenoxy) is 1. The van der Waals surface area contributed by atoms with Gasteiger partial charge in [-0.3, -0.25) is 0 Å². The maximum absolute atomic E-state index is 12.9. The number of pyridine rings is 1. The molecule has 2 atom stereocenters. The molecule has 0 radical (unpaired) electrons. The Morgan fingerprint density at radius 1 is 1.25 bits per heavy atom. The first-order chi connectivity index (χ1) is 7.63. The van der Waals surface area contributed by atoms with Crippen LogP contribution in [-0.2, 0) is 0 Å². The number of nitrogens with zero attached hydrogens (tertiary/aromatic N) is 1. The molecule has 2 rings (SSSR count). The Morgan fingerprint density at radius 3 is 2.56 bits per heavy atom. The Balaban J connectivity index is 1.98. The minimum absolute atomic E-state index is 0.223. The Kier molecular flexibility index (Phi) is 3.42. The summed E-state index contributed by atoms with van der Waals surface area (Å²) in [6, 6.07) is 3.07. The Morgan fingerprint density at radius 2 is 1.94 bits per heavy atom. The standard InChI is InChI=1S/C13H18FNO/c1-9-5-10(2)7-12(6-9)16-11-3-4-15-13(14)8-11/h3-4,8-10,12H,5-7H2,1-2H3. The molecular formula is C13H18FNO. The van der Waals surface area contributed by atoms with Crippen LogP contribution < -0.4 is 4.74 Å². The van der Waals surface area contributed by atoms with Gasteiger partial charge in [-0.05, 0) is 37.2 Å². The fourth-order valence-electron chi connectivity index (χ4n) is 2.62. The fourth-order valence-corrected chi connectivity index (χ4v) is 2.62. The number of aromatic nitrogens is 1. The minimum Gasteiger partial charge on any atom is -0.490 e. The lowest BCUT2D eigenvalue weighted by molar-refractivity contribution is 0.101. The lowest BCUT2D eigenvalue weighted by atomic mass is 9.82. The summed E-state index contributed by atoms with van der Waals surface area (Å²) in [5.41, 5.74) is 0. The van der Waals surface area contributed by atoms with Gasteiger partial charge in [0, 0.05) is 12.3 Å². The van der Waals surface area contributed by atoms with Crippen LogP contribution in [0.4, 0.5) is 4.39 Å². The zero-order valence-corrected chi connectivity index (χ0v) is 9.82. The molecule has 0 spiro atoms. The SMILES string of the molecule is CC1CC(C)CC(Oc2ccnc(F)c2)C1. The summed E-state index contributed by atoms with van der Waals surface area (Å²) < 4.78 is 18.7. The average Bonchev–Trinajstić information content (AvgIpc) is 2.15. The monoisotopic (exact) mass is 223 g/mol. The topological polar surface area (TPSA) is 22.1 Å². The van der Waals surface area contributed by atoms with Crippen LogP contribution in [0.1, 0.15) is 33.1 Å². The van der Waals surface area contributed by atoms with Gasteiger partial charge in [0.1, 0.15) is 5.75 Å². The van der Waals surface area contributed by atoms with E-state index >= 15 is 0 Å². The van der Waals surface area contributed by atoms with Crippen molar-refractivity contribution in [2.24, 2.45) is 11.8 Å². The molecule has 16 heavy (non-hydrogen) atoms. The first-order valence-electron chi connectivity index (χ1n) is 5.91. The first-order valence-corrected chi connectivity index (χ1v) is 5.91. The van der Waals surface area contributed by atoms with E-state index < -0.39 is 5.95 Å². The molecule has 1 aromatic rings. The smallest absolute Gasteiger partial charge is 0.216 e. The van der Waals surface area contributed by atoms with E-state index in [0.29, 0.717) is 17.6 Å². The third-order valence-corrected chi connectivity index (χ3v) is 3.14. The molecule has 2 nitrogen and oxygen atoms in total. The van der Waals surface area contributed by atoms with Crippen LogP contribution in [0.2, 0.25) is 0 Å². The predicted molar refractivity (Wildman–Crippen MR) is 60.8 cm³/mol. The van der Waals surface area contributed by atoms with E-state index in [9.17, 15) is 4.39 Å². The molecule has 0 saturated heterocycles. The molecule has 0 bridgehead atoms. The van der Waals surface area contributed by atoms with Crippen molar-refractivity contribution in [2.45, 2.75) is 39.2 Å². The maximum atomic E-state index is 12.9. The van der Waals surface area contributed by atoms with Crippen molar-refractivity contribution in [1.29, 1.82) is 0 Å². The lowest BCUT2D eigenvalue weighted by Crippen LogP contribution is -2.28. The van der Waals surface area contributed by atoms with E-state index in [1.165, 1.54) is 18.7 Å². The summed E-state index contributed by atoms with van der Waals surface area (Å²) in [6.45, 7) is 4.50. The summed E-state index contributed by atoms with van der Waals surface area (Å²) in [5, 5.41) is 0. The van der Waals surface area contributed by atoms with Crippen LogP contribution in [-0.4, -0.2) is 11.1 Å². The third kappa shape index (κ3) is 2.94. The van der Waals surface area contributed by atoms with Crippen LogP contribution in [0.25, 0.3) is 0 Å². The van der Waals surface area contributed by atoms with E-state index in [1.807, 2.05) is 0 Å². The van der Waals surface area contributed by atoms with E-state index in [4.69, 9.17) is 4.74 Å². The van der Waals surface area contributed by atoms with Gasteiger partial charge in [0.2, 0.25) is 5.95 Å². The fraction of sp³-hybridized carbons (Fsp3) is 0.615. The summed E-state index contributed by atoms with van der Waals surface area (Å²) in [5.74, 6) is 1.51. The van der Waals surface area contributed by atoms with Crippen molar-refractivity contribution >= 4 is 0 Å². The number of hydrogen-bond acceptors (Lipinski definition) is 2. The van der Waals surface area contributed by atoms with Gasteiger partial charge in [0.05, 0.1) is 6.10 Å². The number of halogens is 1. The second-order valence-corrected chi connectivity index (χ2v) is 4.97. The van der Waals surface area contributed by atoms with Crippen molar-refractivity contribution in [2.75, 3.05) is 0 Å². The molecule has 0 aromatic carbocycles. The lowest BCUT2D eigenvalue weighted by Gasteiger charge is -2.31. The quantitative estimate of drug-likeness (QED) is 0.717. The van der Waals surface area contributed by atoms with Crippen LogP contribution in [0, 0.1) is 17.8 Å². The third-order valence-electron chi connectivity index (χ3n) is 3.14. The molecule has 0 aliphatic heterocycles. The molecule has 1 aliphatic rings. The summed E-state index contributed by atoms with van der Waals surface area (Å²) in [6.07, 6.45) is 5.06. The summed E-state index contributed by atoms with van der Waals surface area (Å²) in [4.78, 5) is 3.52. The highest BCUT2D eigenvalue weighted by atomic mass is 19.1. The highest BCUT2D eigenvalue weighted by Gasteiger charge is 2.25. The van der Waals surface area contributed by atoms with Crippen molar-refractivity contribution in [3.05, 3.63) is 24.3 Å². The van der Waals surface area contributed by atoms with Gasteiger partial charge < -0.3 is 4.74 Å². The predicted octanol–water partition coefficient (Wildman–Crippen LogP) is 3.42. The van der Waals surface area contributed by atoms with Gasteiger partial charge in [-0.15, -0.1) is 0 Å². The average molecular weight is 223 g/mol. The second-order valence-electron chi connectivity index (χ2n) is 4.97. The highest BCUT2D eigenvalue weighted by Crippen LogP contribution is 2.31. The molecule has 3 heteroatoms. The largest absolute Gasteiger partial charge is 0.490 e. The Hall–Kier alpha value is -1.12. The van der Waals surface area contributed by atoms with E-state index in [-0.39, 0.29) is 6.10 Å². The van der Waals surface area contributed by atoms with Gasteiger partial charge in [0.15, 0.2) is 0 Å². The summed E-state index contributed by atoms with van der Waals surface area (Å²) >= 11 is 0. The molecule has 0 amide bonds. The molecule has 1 heterocycles. The van der Waals surface area contributed by atoms with E-state index in [2.05, 4.69) is 18.8 Å². The van der Waals surface area contributed by atoms with Gasteiger partial charge in [-0.1, -0.05) is 13.8 Å². The molecule has 1 aliphatic carbocycles. The molecule has 1 saturated carbocycles. The molecule has 1 aromatic heterocycles. The Labute approximate surface area is 95.8 Å².